The molecular weight excluding hydrogens is 368 g/mol. The number of anilines is 1. The summed E-state index contributed by atoms with van der Waals surface area (Å²) in [6.45, 7) is 12.1. The van der Waals surface area contributed by atoms with Crippen LogP contribution in [-0.2, 0) is 0 Å². The SMILES string of the molecule is C=C(C1=CCC=C1)N1CCN(c2nc(C(C)C)c(C3=CCCC=C3)cc2C#N)CC1. The van der Waals surface area contributed by atoms with Gasteiger partial charge in [-0.2, -0.15) is 5.26 Å². The van der Waals surface area contributed by atoms with E-state index in [0.29, 0.717) is 11.5 Å². The first-order valence-electron chi connectivity index (χ1n) is 11.0. The van der Waals surface area contributed by atoms with E-state index in [1.54, 1.807) is 0 Å². The summed E-state index contributed by atoms with van der Waals surface area (Å²) in [6.07, 6.45) is 16.3. The molecule has 1 aromatic rings. The van der Waals surface area contributed by atoms with Crippen molar-refractivity contribution >= 4 is 11.4 Å². The lowest BCUT2D eigenvalue weighted by Gasteiger charge is -2.38. The molecule has 4 rings (SSSR count). The molecule has 3 aliphatic rings. The zero-order valence-electron chi connectivity index (χ0n) is 18.1. The molecule has 0 aromatic carbocycles. The molecule has 0 atom stereocenters. The zero-order valence-corrected chi connectivity index (χ0v) is 18.1. The van der Waals surface area contributed by atoms with E-state index in [1.165, 1.54) is 11.1 Å². The topological polar surface area (TPSA) is 43.2 Å². The number of rotatable bonds is 5. The van der Waals surface area contributed by atoms with Crippen molar-refractivity contribution in [2.24, 2.45) is 0 Å². The average molecular weight is 399 g/mol. The minimum Gasteiger partial charge on any atom is -0.368 e. The van der Waals surface area contributed by atoms with Gasteiger partial charge in [0, 0.05) is 37.4 Å². The first-order valence-corrected chi connectivity index (χ1v) is 11.0. The molecule has 0 spiro atoms. The Kier molecular flexibility index (Phi) is 5.90. The van der Waals surface area contributed by atoms with Crippen molar-refractivity contribution in [1.29, 1.82) is 5.26 Å². The Hall–Kier alpha value is -3.06. The molecule has 1 fully saturated rings. The first kappa shape index (κ1) is 20.2. The normalized spacial score (nSPS) is 18.5. The Bertz CT molecular complexity index is 993. The van der Waals surface area contributed by atoms with Crippen LogP contribution in [-0.4, -0.2) is 36.1 Å². The Morgan fingerprint density at radius 3 is 2.50 bits per heavy atom. The maximum absolute atomic E-state index is 9.89. The van der Waals surface area contributed by atoms with Crippen LogP contribution in [0.25, 0.3) is 5.57 Å². The van der Waals surface area contributed by atoms with E-state index in [4.69, 9.17) is 4.98 Å². The Morgan fingerprint density at radius 2 is 1.90 bits per heavy atom. The summed E-state index contributed by atoms with van der Waals surface area (Å²) in [5, 5.41) is 9.89. The van der Waals surface area contributed by atoms with E-state index < -0.39 is 0 Å². The molecule has 0 bridgehead atoms. The summed E-state index contributed by atoms with van der Waals surface area (Å²) < 4.78 is 0. The Morgan fingerprint density at radius 1 is 1.10 bits per heavy atom. The van der Waals surface area contributed by atoms with Crippen LogP contribution in [0.2, 0.25) is 0 Å². The van der Waals surface area contributed by atoms with Crippen molar-refractivity contribution in [3.05, 3.63) is 77.2 Å². The highest BCUT2D eigenvalue weighted by Crippen LogP contribution is 2.33. The van der Waals surface area contributed by atoms with Gasteiger partial charge in [0.05, 0.1) is 11.3 Å². The van der Waals surface area contributed by atoms with Gasteiger partial charge in [-0.25, -0.2) is 4.98 Å². The number of aromatic nitrogens is 1. The highest BCUT2D eigenvalue weighted by molar-refractivity contribution is 5.78. The van der Waals surface area contributed by atoms with Gasteiger partial charge in [-0.15, -0.1) is 0 Å². The Balaban J connectivity index is 1.58. The average Bonchev–Trinajstić information content (AvgIpc) is 3.33. The number of hydrogen-bond donors (Lipinski definition) is 0. The van der Waals surface area contributed by atoms with Crippen LogP contribution >= 0.6 is 0 Å². The predicted octanol–water partition coefficient (Wildman–Crippen LogP) is 5.33. The highest BCUT2D eigenvalue weighted by atomic mass is 15.3. The van der Waals surface area contributed by atoms with Crippen LogP contribution < -0.4 is 4.90 Å². The van der Waals surface area contributed by atoms with Gasteiger partial charge in [-0.1, -0.05) is 56.9 Å². The summed E-state index contributed by atoms with van der Waals surface area (Å²) in [5.41, 5.74) is 6.39. The van der Waals surface area contributed by atoms with E-state index >= 15 is 0 Å². The summed E-state index contributed by atoms with van der Waals surface area (Å²) in [4.78, 5) is 9.67. The molecule has 0 unspecified atom stereocenters. The van der Waals surface area contributed by atoms with Crippen molar-refractivity contribution in [3.8, 4) is 6.07 Å². The molecule has 4 heteroatoms. The monoisotopic (exact) mass is 398 g/mol. The van der Waals surface area contributed by atoms with Crippen molar-refractivity contribution in [1.82, 2.24) is 9.88 Å². The fourth-order valence-electron chi connectivity index (χ4n) is 4.37. The molecule has 0 saturated carbocycles. The predicted molar refractivity (Wildman–Crippen MR) is 124 cm³/mol. The number of piperazine rings is 1. The van der Waals surface area contributed by atoms with Crippen LogP contribution in [0.1, 0.15) is 55.8 Å². The van der Waals surface area contributed by atoms with Crippen LogP contribution in [0.3, 0.4) is 0 Å². The zero-order chi connectivity index (χ0) is 21.1. The first-order chi connectivity index (χ1) is 14.6. The smallest absolute Gasteiger partial charge is 0.146 e. The largest absolute Gasteiger partial charge is 0.368 e. The fourth-order valence-corrected chi connectivity index (χ4v) is 4.37. The lowest BCUT2D eigenvalue weighted by Crippen LogP contribution is -2.46. The third-order valence-corrected chi connectivity index (χ3v) is 6.07. The van der Waals surface area contributed by atoms with E-state index in [0.717, 1.165) is 68.2 Å². The second-order valence-corrected chi connectivity index (χ2v) is 8.42. The molecule has 0 N–H and O–H groups in total. The number of pyridine rings is 1. The van der Waals surface area contributed by atoms with Gasteiger partial charge in [0.1, 0.15) is 11.9 Å². The molecular formula is C26H30N4. The number of hydrogen-bond acceptors (Lipinski definition) is 4. The molecule has 1 aliphatic heterocycles. The molecule has 30 heavy (non-hydrogen) atoms. The number of nitriles is 1. The molecule has 4 nitrogen and oxygen atoms in total. The van der Waals surface area contributed by atoms with Crippen molar-refractivity contribution in [3.63, 3.8) is 0 Å². The second-order valence-electron chi connectivity index (χ2n) is 8.42. The van der Waals surface area contributed by atoms with E-state index in [-0.39, 0.29) is 0 Å². The number of nitrogens with zero attached hydrogens (tertiary/aromatic N) is 4. The molecule has 0 amide bonds. The lowest BCUT2D eigenvalue weighted by atomic mass is 9.92. The van der Waals surface area contributed by atoms with E-state index in [9.17, 15) is 5.26 Å². The molecule has 1 aromatic heterocycles. The standard InChI is InChI=1S/C26H30N4/c1-19(2)25-24(22-11-5-4-6-12-22)17-23(18-27)26(28-25)30-15-13-29(14-16-30)20(3)21-9-7-8-10-21/h5,7,9-12,17,19H,3-4,6,8,13-16H2,1-2H3. The van der Waals surface area contributed by atoms with Gasteiger partial charge in [0.15, 0.2) is 0 Å². The van der Waals surface area contributed by atoms with Crippen molar-refractivity contribution in [2.45, 2.75) is 39.0 Å². The molecule has 0 radical (unpaired) electrons. The van der Waals surface area contributed by atoms with Gasteiger partial charge in [0.25, 0.3) is 0 Å². The van der Waals surface area contributed by atoms with Crippen LogP contribution in [0.4, 0.5) is 5.82 Å². The summed E-state index contributed by atoms with van der Waals surface area (Å²) in [5.74, 6) is 1.13. The maximum atomic E-state index is 9.89. The van der Waals surface area contributed by atoms with Gasteiger partial charge in [-0.3, -0.25) is 0 Å². The van der Waals surface area contributed by atoms with Crippen LogP contribution in [0.15, 0.2) is 60.4 Å². The fraction of sp³-hybridized carbons (Fsp3) is 0.385. The minimum atomic E-state index is 0.296. The highest BCUT2D eigenvalue weighted by Gasteiger charge is 2.25. The molecule has 1 saturated heterocycles. The summed E-state index contributed by atoms with van der Waals surface area (Å²) >= 11 is 0. The molecule has 2 aliphatic carbocycles. The summed E-state index contributed by atoms with van der Waals surface area (Å²) in [6, 6.07) is 4.47. The maximum Gasteiger partial charge on any atom is 0.146 e. The van der Waals surface area contributed by atoms with Gasteiger partial charge >= 0.3 is 0 Å². The lowest BCUT2D eigenvalue weighted by molar-refractivity contribution is 0.328. The van der Waals surface area contributed by atoms with Crippen molar-refractivity contribution < 1.29 is 0 Å². The second kappa shape index (κ2) is 8.75. The minimum absolute atomic E-state index is 0.296. The van der Waals surface area contributed by atoms with Gasteiger partial charge in [0.2, 0.25) is 0 Å². The van der Waals surface area contributed by atoms with E-state index in [1.807, 2.05) is 0 Å². The number of allylic oxidation sites excluding steroid dienone is 7. The summed E-state index contributed by atoms with van der Waals surface area (Å²) in [7, 11) is 0. The molecule has 154 valence electrons. The molecule has 2 heterocycles. The Labute approximate surface area is 180 Å². The van der Waals surface area contributed by atoms with Crippen LogP contribution in [0.5, 0.6) is 0 Å². The van der Waals surface area contributed by atoms with Crippen LogP contribution in [0, 0.1) is 11.3 Å². The quantitative estimate of drug-likeness (QED) is 0.672. The third-order valence-electron chi connectivity index (χ3n) is 6.07. The van der Waals surface area contributed by atoms with Crippen molar-refractivity contribution in [2.75, 3.05) is 31.1 Å². The van der Waals surface area contributed by atoms with Gasteiger partial charge < -0.3 is 9.80 Å². The van der Waals surface area contributed by atoms with E-state index in [2.05, 4.69) is 78.8 Å². The third kappa shape index (κ3) is 3.98. The van der Waals surface area contributed by atoms with Gasteiger partial charge in [-0.05, 0) is 42.4 Å².